The summed E-state index contributed by atoms with van der Waals surface area (Å²) < 4.78 is 13.4. The van der Waals surface area contributed by atoms with Gasteiger partial charge in [0.2, 0.25) is 0 Å². The van der Waals surface area contributed by atoms with Gasteiger partial charge < -0.3 is 9.47 Å². The maximum absolute atomic E-state index is 5.67. The lowest BCUT2D eigenvalue weighted by molar-refractivity contribution is -0.163. The van der Waals surface area contributed by atoms with Gasteiger partial charge >= 0.3 is 0 Å². The highest BCUT2D eigenvalue weighted by Crippen LogP contribution is 2.38. The molecule has 2 nitrogen and oxygen atoms in total. The number of ether oxygens (including phenoxy) is 2. The zero-order valence-corrected chi connectivity index (χ0v) is 9.28. The van der Waals surface area contributed by atoms with E-state index in [1.165, 1.54) is 18.4 Å². The van der Waals surface area contributed by atoms with E-state index in [0.717, 1.165) is 6.61 Å². The highest BCUT2D eigenvalue weighted by Gasteiger charge is 2.39. The summed E-state index contributed by atoms with van der Waals surface area (Å²) in [5.41, 5.74) is 1.42. The third-order valence-corrected chi connectivity index (χ3v) is 3.35. The summed E-state index contributed by atoms with van der Waals surface area (Å²) in [6.07, 6.45) is 2.71. The molecule has 0 radical (unpaired) electrons. The molecule has 2 fully saturated rings. The van der Waals surface area contributed by atoms with Crippen molar-refractivity contribution in [2.45, 2.75) is 32.2 Å². The van der Waals surface area contributed by atoms with Gasteiger partial charge in [0.15, 0.2) is 6.29 Å². The van der Waals surface area contributed by atoms with Crippen LogP contribution in [-0.4, -0.2) is 19.0 Å². The van der Waals surface area contributed by atoms with Gasteiger partial charge in [-0.05, 0) is 29.4 Å². The molecule has 0 aromatic rings. The van der Waals surface area contributed by atoms with Gasteiger partial charge in [-0.3, -0.25) is 0 Å². The van der Waals surface area contributed by atoms with E-state index >= 15 is 0 Å². The first kappa shape index (κ1) is 8.97. The van der Waals surface area contributed by atoms with E-state index in [-0.39, 0.29) is 12.4 Å². The van der Waals surface area contributed by atoms with E-state index in [9.17, 15) is 0 Å². The van der Waals surface area contributed by atoms with Gasteiger partial charge in [0.1, 0.15) is 0 Å². The van der Waals surface area contributed by atoms with Crippen molar-refractivity contribution < 1.29 is 9.47 Å². The van der Waals surface area contributed by atoms with Crippen LogP contribution < -0.4 is 0 Å². The monoisotopic (exact) mass is 280 g/mol. The Balaban J connectivity index is 2.16. The Labute approximate surface area is 86.4 Å². The number of halogens is 1. The number of hydrogen-bond donors (Lipinski definition) is 0. The van der Waals surface area contributed by atoms with Gasteiger partial charge in [0, 0.05) is 12.5 Å². The molecule has 2 rings (SSSR count). The summed E-state index contributed by atoms with van der Waals surface area (Å²) in [6.45, 7) is 2.97. The van der Waals surface area contributed by atoms with Crippen molar-refractivity contribution in [1.29, 1.82) is 0 Å². The smallest absolute Gasteiger partial charge is 0.164 e. The SMILES string of the molecule is C[C@@H]1O[C@@H]2OCCC[C@@H]2/C1=C\I. The molecule has 0 spiro atoms. The average Bonchev–Trinajstić information content (AvgIpc) is 2.40. The van der Waals surface area contributed by atoms with Crippen molar-refractivity contribution in [3.8, 4) is 0 Å². The zero-order chi connectivity index (χ0) is 8.55. The quantitative estimate of drug-likeness (QED) is 0.635. The fourth-order valence-corrected chi connectivity index (χ4v) is 2.93. The minimum absolute atomic E-state index is 0.0507. The van der Waals surface area contributed by atoms with Crippen molar-refractivity contribution >= 4 is 22.6 Å². The highest BCUT2D eigenvalue weighted by molar-refractivity contribution is 14.1. The zero-order valence-electron chi connectivity index (χ0n) is 7.13. The van der Waals surface area contributed by atoms with Crippen LogP contribution in [0.3, 0.4) is 0 Å². The lowest BCUT2D eigenvalue weighted by atomic mass is 9.93. The molecule has 2 heterocycles. The summed E-state index contributed by atoms with van der Waals surface area (Å²) in [6, 6.07) is 0. The molecule has 0 aromatic carbocycles. The standard InChI is InChI=1S/C9H13IO2/c1-6-8(5-10)7-3-2-4-11-9(7)12-6/h5-7,9H,2-4H2,1H3/b8-5-/t6-,7+,9-/m0/s1. The number of hydrogen-bond acceptors (Lipinski definition) is 2. The Morgan fingerprint density at radius 2 is 2.42 bits per heavy atom. The van der Waals surface area contributed by atoms with E-state index in [1.54, 1.807) is 0 Å². The van der Waals surface area contributed by atoms with Crippen LogP contribution in [0.15, 0.2) is 9.66 Å². The molecule has 68 valence electrons. The molecule has 0 saturated carbocycles. The Hall–Kier alpha value is 0.390. The van der Waals surface area contributed by atoms with Crippen LogP contribution >= 0.6 is 22.6 Å². The predicted octanol–water partition coefficient (Wildman–Crippen LogP) is 2.48. The second-order valence-electron chi connectivity index (χ2n) is 3.38. The fourth-order valence-electron chi connectivity index (χ4n) is 1.96. The van der Waals surface area contributed by atoms with Crippen LogP contribution in [-0.2, 0) is 9.47 Å². The number of fused-ring (bicyclic) bond motifs is 1. The molecule has 0 unspecified atom stereocenters. The van der Waals surface area contributed by atoms with Crippen molar-refractivity contribution in [3.05, 3.63) is 9.66 Å². The topological polar surface area (TPSA) is 18.5 Å². The average molecular weight is 280 g/mol. The van der Waals surface area contributed by atoms with Crippen molar-refractivity contribution in [3.63, 3.8) is 0 Å². The molecule has 0 aliphatic carbocycles. The van der Waals surface area contributed by atoms with Crippen LogP contribution in [0.25, 0.3) is 0 Å². The Morgan fingerprint density at radius 1 is 1.58 bits per heavy atom. The summed E-state index contributed by atoms with van der Waals surface area (Å²) in [7, 11) is 0. The van der Waals surface area contributed by atoms with Crippen molar-refractivity contribution in [2.75, 3.05) is 6.61 Å². The van der Waals surface area contributed by atoms with E-state index in [2.05, 4.69) is 33.6 Å². The lowest BCUT2D eigenvalue weighted by Gasteiger charge is -2.24. The molecule has 2 saturated heterocycles. The third-order valence-electron chi connectivity index (χ3n) is 2.63. The molecule has 0 aromatic heterocycles. The van der Waals surface area contributed by atoms with Crippen LogP contribution in [0.1, 0.15) is 19.8 Å². The van der Waals surface area contributed by atoms with Crippen LogP contribution in [0.4, 0.5) is 0 Å². The molecular weight excluding hydrogens is 267 g/mol. The molecule has 2 aliphatic heterocycles. The van der Waals surface area contributed by atoms with E-state index < -0.39 is 0 Å². The minimum Gasteiger partial charge on any atom is -0.352 e. The van der Waals surface area contributed by atoms with Crippen molar-refractivity contribution in [2.24, 2.45) is 5.92 Å². The highest BCUT2D eigenvalue weighted by atomic mass is 127. The lowest BCUT2D eigenvalue weighted by Crippen LogP contribution is -2.26. The van der Waals surface area contributed by atoms with Gasteiger partial charge in [-0.1, -0.05) is 22.6 Å². The first-order chi connectivity index (χ1) is 5.83. The van der Waals surface area contributed by atoms with Crippen LogP contribution in [0, 0.1) is 5.92 Å². The minimum atomic E-state index is 0.0507. The fraction of sp³-hybridized carbons (Fsp3) is 0.778. The number of rotatable bonds is 0. The summed E-state index contributed by atoms with van der Waals surface area (Å²) in [4.78, 5) is 0. The molecule has 3 heteroatoms. The first-order valence-electron chi connectivity index (χ1n) is 4.40. The van der Waals surface area contributed by atoms with Gasteiger partial charge in [-0.2, -0.15) is 0 Å². The largest absolute Gasteiger partial charge is 0.352 e. The maximum atomic E-state index is 5.67. The van der Waals surface area contributed by atoms with E-state index in [4.69, 9.17) is 9.47 Å². The van der Waals surface area contributed by atoms with Gasteiger partial charge in [0.05, 0.1) is 6.10 Å². The molecule has 12 heavy (non-hydrogen) atoms. The van der Waals surface area contributed by atoms with Crippen LogP contribution in [0.5, 0.6) is 0 Å². The normalized spacial score (nSPS) is 44.8. The molecular formula is C9H13IO2. The molecule has 0 bridgehead atoms. The summed E-state index contributed by atoms with van der Waals surface area (Å²) in [5.74, 6) is 0.533. The molecule has 3 atom stereocenters. The van der Waals surface area contributed by atoms with Gasteiger partial charge in [-0.25, -0.2) is 0 Å². The second kappa shape index (κ2) is 3.64. The first-order valence-corrected chi connectivity index (χ1v) is 5.64. The Kier molecular flexibility index (Phi) is 2.72. The third kappa shape index (κ3) is 1.42. The van der Waals surface area contributed by atoms with Crippen molar-refractivity contribution in [1.82, 2.24) is 0 Å². The molecule has 2 aliphatic rings. The van der Waals surface area contributed by atoms with E-state index in [1.807, 2.05) is 0 Å². The summed E-state index contributed by atoms with van der Waals surface area (Å²) >= 11 is 2.30. The maximum Gasteiger partial charge on any atom is 0.164 e. The predicted molar refractivity (Wildman–Crippen MR) is 55.1 cm³/mol. The summed E-state index contributed by atoms with van der Waals surface area (Å²) in [5, 5.41) is 0. The molecule has 0 N–H and O–H groups in total. The van der Waals surface area contributed by atoms with Crippen LogP contribution in [0.2, 0.25) is 0 Å². The van der Waals surface area contributed by atoms with Gasteiger partial charge in [0.25, 0.3) is 0 Å². The second-order valence-corrected chi connectivity index (χ2v) is 4.00. The Bertz CT molecular complexity index is 203. The Morgan fingerprint density at radius 3 is 3.17 bits per heavy atom. The molecule has 0 amide bonds. The van der Waals surface area contributed by atoms with Gasteiger partial charge in [-0.15, -0.1) is 0 Å². The van der Waals surface area contributed by atoms with E-state index in [0.29, 0.717) is 5.92 Å².